The second kappa shape index (κ2) is 10.6. The number of fused-ring (bicyclic) bond motifs is 1. The lowest BCUT2D eigenvalue weighted by molar-refractivity contribution is 0.600. The Kier molecular flexibility index (Phi) is 8.46. The van der Waals surface area contributed by atoms with Gasteiger partial charge < -0.3 is 15.2 Å². The monoisotopic (exact) mass is 486 g/mol. The van der Waals surface area contributed by atoms with Crippen molar-refractivity contribution >= 4 is 29.9 Å². The standard InChI is InChI=1S/C19H27FN6.HI/c1-14-7-8-15(12-16(14)20)13-23-19(21-2)22-10-9-18-25-24-17-6-4-3-5-11-26(17)18;/h7-8,12H,3-6,9-11,13H2,1-2H3,(H2,21,22,23);1H. The third-order valence-electron chi connectivity index (χ3n) is 4.75. The highest BCUT2D eigenvalue weighted by molar-refractivity contribution is 14.0. The Balaban J connectivity index is 0.00000261. The van der Waals surface area contributed by atoms with Gasteiger partial charge in [0.1, 0.15) is 17.5 Å². The van der Waals surface area contributed by atoms with Gasteiger partial charge in [-0.3, -0.25) is 4.99 Å². The number of nitrogens with one attached hydrogen (secondary N) is 2. The summed E-state index contributed by atoms with van der Waals surface area (Å²) in [6.07, 6.45) is 5.48. The molecule has 8 heteroatoms. The molecule has 0 amide bonds. The fourth-order valence-electron chi connectivity index (χ4n) is 3.18. The number of aryl methyl sites for hydroxylation is 2. The molecule has 1 aromatic heterocycles. The van der Waals surface area contributed by atoms with Gasteiger partial charge in [0.25, 0.3) is 0 Å². The molecule has 0 aliphatic carbocycles. The molecule has 6 nitrogen and oxygen atoms in total. The maximum atomic E-state index is 13.6. The average Bonchev–Trinajstić information content (AvgIpc) is 2.87. The lowest BCUT2D eigenvalue weighted by Crippen LogP contribution is -2.38. The van der Waals surface area contributed by atoms with Crippen molar-refractivity contribution in [1.82, 2.24) is 25.4 Å². The minimum absolute atomic E-state index is 0. The Morgan fingerprint density at radius 3 is 2.85 bits per heavy atom. The molecule has 0 saturated carbocycles. The van der Waals surface area contributed by atoms with Crippen LogP contribution in [0.15, 0.2) is 23.2 Å². The van der Waals surface area contributed by atoms with E-state index in [1.807, 2.05) is 6.07 Å². The minimum Gasteiger partial charge on any atom is -0.356 e. The number of hydrogen-bond acceptors (Lipinski definition) is 3. The number of halogens is 2. The zero-order valence-corrected chi connectivity index (χ0v) is 18.3. The van der Waals surface area contributed by atoms with E-state index in [4.69, 9.17) is 0 Å². The van der Waals surface area contributed by atoms with Gasteiger partial charge in [-0.1, -0.05) is 18.6 Å². The molecule has 0 radical (unpaired) electrons. The van der Waals surface area contributed by atoms with E-state index in [2.05, 4.69) is 30.4 Å². The van der Waals surface area contributed by atoms with Crippen LogP contribution in [0, 0.1) is 12.7 Å². The Bertz CT molecular complexity index is 774. The van der Waals surface area contributed by atoms with Crippen molar-refractivity contribution in [1.29, 1.82) is 0 Å². The first-order chi connectivity index (χ1) is 12.7. The normalized spacial score (nSPS) is 14.1. The van der Waals surface area contributed by atoms with Gasteiger partial charge in [0, 0.05) is 39.5 Å². The van der Waals surface area contributed by atoms with Crippen LogP contribution in [0.4, 0.5) is 4.39 Å². The first-order valence-corrected chi connectivity index (χ1v) is 9.28. The molecule has 0 bridgehead atoms. The number of hydrogen-bond donors (Lipinski definition) is 2. The molecule has 0 spiro atoms. The molecular weight excluding hydrogens is 458 g/mol. The SMILES string of the molecule is CN=C(NCCc1nnc2n1CCCCC2)NCc1ccc(C)c(F)c1.I. The Hall–Kier alpha value is -1.71. The second-order valence-corrected chi connectivity index (χ2v) is 6.68. The molecule has 2 heterocycles. The van der Waals surface area contributed by atoms with Gasteiger partial charge in [0.15, 0.2) is 5.96 Å². The van der Waals surface area contributed by atoms with Crippen LogP contribution in [-0.4, -0.2) is 34.3 Å². The van der Waals surface area contributed by atoms with Crippen molar-refractivity contribution in [2.75, 3.05) is 13.6 Å². The second-order valence-electron chi connectivity index (χ2n) is 6.68. The van der Waals surface area contributed by atoms with Crippen molar-refractivity contribution in [2.24, 2.45) is 4.99 Å². The van der Waals surface area contributed by atoms with Crippen LogP contribution in [-0.2, 0) is 25.9 Å². The predicted molar refractivity (Wildman–Crippen MR) is 116 cm³/mol. The topological polar surface area (TPSA) is 67.1 Å². The quantitative estimate of drug-likeness (QED) is 0.388. The highest BCUT2D eigenvalue weighted by atomic mass is 127. The fourth-order valence-corrected chi connectivity index (χ4v) is 3.18. The van der Waals surface area contributed by atoms with E-state index in [-0.39, 0.29) is 29.8 Å². The smallest absolute Gasteiger partial charge is 0.191 e. The summed E-state index contributed by atoms with van der Waals surface area (Å²) in [5, 5.41) is 15.2. The zero-order chi connectivity index (χ0) is 18.4. The van der Waals surface area contributed by atoms with Crippen molar-refractivity contribution in [3.8, 4) is 0 Å². The lowest BCUT2D eigenvalue weighted by atomic mass is 10.1. The third kappa shape index (κ3) is 5.88. The van der Waals surface area contributed by atoms with Crippen molar-refractivity contribution in [2.45, 2.75) is 52.1 Å². The number of aliphatic imine (C=N–C) groups is 1. The van der Waals surface area contributed by atoms with Crippen LogP contribution in [0.1, 0.15) is 42.0 Å². The van der Waals surface area contributed by atoms with Gasteiger partial charge in [0.2, 0.25) is 0 Å². The van der Waals surface area contributed by atoms with Gasteiger partial charge in [-0.2, -0.15) is 0 Å². The number of rotatable bonds is 5. The van der Waals surface area contributed by atoms with Gasteiger partial charge in [-0.15, -0.1) is 34.2 Å². The van der Waals surface area contributed by atoms with Crippen molar-refractivity contribution in [3.63, 3.8) is 0 Å². The predicted octanol–water partition coefficient (Wildman–Crippen LogP) is 2.98. The largest absolute Gasteiger partial charge is 0.356 e. The highest BCUT2D eigenvalue weighted by Gasteiger charge is 2.14. The Labute approximate surface area is 177 Å². The summed E-state index contributed by atoms with van der Waals surface area (Å²) in [5.41, 5.74) is 1.54. The molecule has 1 aliphatic heterocycles. The number of nitrogens with zero attached hydrogens (tertiary/aromatic N) is 4. The molecule has 1 aromatic carbocycles. The van der Waals surface area contributed by atoms with Gasteiger partial charge in [0.05, 0.1) is 0 Å². The van der Waals surface area contributed by atoms with E-state index in [9.17, 15) is 4.39 Å². The highest BCUT2D eigenvalue weighted by Crippen LogP contribution is 2.14. The Morgan fingerprint density at radius 2 is 2.07 bits per heavy atom. The lowest BCUT2D eigenvalue weighted by Gasteiger charge is -2.12. The van der Waals surface area contributed by atoms with Gasteiger partial charge in [-0.05, 0) is 37.0 Å². The van der Waals surface area contributed by atoms with Crippen molar-refractivity contribution < 1.29 is 4.39 Å². The zero-order valence-electron chi connectivity index (χ0n) is 16.0. The number of aromatic nitrogens is 3. The average molecular weight is 486 g/mol. The summed E-state index contributed by atoms with van der Waals surface area (Å²) in [5.74, 6) is 2.66. The summed E-state index contributed by atoms with van der Waals surface area (Å²) < 4.78 is 15.9. The summed E-state index contributed by atoms with van der Waals surface area (Å²) in [4.78, 5) is 4.22. The molecule has 2 N–H and O–H groups in total. The molecule has 0 fully saturated rings. The van der Waals surface area contributed by atoms with Crippen LogP contribution < -0.4 is 10.6 Å². The first-order valence-electron chi connectivity index (χ1n) is 9.28. The molecular formula is C19H28FIN6. The molecule has 148 valence electrons. The number of guanidine groups is 1. The van der Waals surface area contributed by atoms with Crippen LogP contribution in [0.3, 0.4) is 0 Å². The Morgan fingerprint density at radius 1 is 1.22 bits per heavy atom. The van der Waals surface area contributed by atoms with Crippen LogP contribution in [0.25, 0.3) is 0 Å². The van der Waals surface area contributed by atoms with E-state index in [0.717, 1.165) is 43.1 Å². The fraction of sp³-hybridized carbons (Fsp3) is 0.526. The van der Waals surface area contributed by atoms with E-state index >= 15 is 0 Å². The maximum Gasteiger partial charge on any atom is 0.191 e. The van der Waals surface area contributed by atoms with Crippen LogP contribution in [0.5, 0.6) is 0 Å². The van der Waals surface area contributed by atoms with Gasteiger partial charge in [-0.25, -0.2) is 4.39 Å². The summed E-state index contributed by atoms with van der Waals surface area (Å²) in [7, 11) is 1.73. The van der Waals surface area contributed by atoms with Crippen LogP contribution >= 0.6 is 24.0 Å². The molecule has 0 unspecified atom stereocenters. The summed E-state index contributed by atoms with van der Waals surface area (Å²) in [6.45, 7) is 4.03. The number of benzene rings is 1. The van der Waals surface area contributed by atoms with E-state index < -0.39 is 0 Å². The molecule has 0 saturated heterocycles. The molecule has 3 rings (SSSR count). The van der Waals surface area contributed by atoms with Crippen molar-refractivity contribution in [3.05, 3.63) is 46.8 Å². The maximum absolute atomic E-state index is 13.6. The molecule has 0 atom stereocenters. The van der Waals surface area contributed by atoms with E-state index in [1.165, 1.54) is 19.3 Å². The van der Waals surface area contributed by atoms with E-state index in [1.54, 1.807) is 26.1 Å². The summed E-state index contributed by atoms with van der Waals surface area (Å²) >= 11 is 0. The molecule has 1 aliphatic rings. The molecule has 27 heavy (non-hydrogen) atoms. The first kappa shape index (κ1) is 21.6. The third-order valence-corrected chi connectivity index (χ3v) is 4.75. The van der Waals surface area contributed by atoms with E-state index in [0.29, 0.717) is 18.1 Å². The van der Waals surface area contributed by atoms with Crippen LogP contribution in [0.2, 0.25) is 0 Å². The summed E-state index contributed by atoms with van der Waals surface area (Å²) in [6, 6.07) is 5.27. The minimum atomic E-state index is -0.181. The molecule has 2 aromatic rings. The van der Waals surface area contributed by atoms with Gasteiger partial charge >= 0.3 is 0 Å².